The minimum Gasteiger partial charge on any atom is -0.329 e. The number of carbonyl (C=O) groups is 1. The van der Waals surface area contributed by atoms with Gasteiger partial charge >= 0.3 is 0 Å². The number of benzene rings is 1. The van der Waals surface area contributed by atoms with Crippen LogP contribution in [0.2, 0.25) is 0 Å². The zero-order valence-electron chi connectivity index (χ0n) is 7.55. The van der Waals surface area contributed by atoms with E-state index in [9.17, 15) is 13.6 Å². The molecule has 5 heteroatoms. The molecule has 0 aliphatic rings. The minimum atomic E-state index is -2.97. The van der Waals surface area contributed by atoms with Crippen LogP contribution in [0.5, 0.6) is 0 Å². The second kappa shape index (κ2) is 4.01. The standard InChI is InChI=1S/C9H10F2NOP/c1-6-2-3-7(12-5-13)4-8(6)9(10,11)14/h2-5H,14H2,1H3,(H,12,13). The highest BCUT2D eigenvalue weighted by molar-refractivity contribution is 7.17. The maximum absolute atomic E-state index is 13.0. The van der Waals surface area contributed by atoms with E-state index in [1.165, 1.54) is 15.3 Å². The Labute approximate surface area is 82.9 Å². The Hall–Kier alpha value is -1.02. The second-order valence-corrected chi connectivity index (χ2v) is 3.64. The molecule has 0 saturated heterocycles. The van der Waals surface area contributed by atoms with Gasteiger partial charge in [-0.2, -0.15) is 8.78 Å². The summed E-state index contributed by atoms with van der Waals surface area (Å²) in [5.74, 6) is 0. The van der Waals surface area contributed by atoms with Crippen LogP contribution in [0.15, 0.2) is 18.2 Å². The van der Waals surface area contributed by atoms with Crippen LogP contribution in [0, 0.1) is 6.92 Å². The van der Waals surface area contributed by atoms with Gasteiger partial charge in [0, 0.05) is 11.3 Å². The number of alkyl halides is 2. The Bertz CT molecular complexity index is 349. The van der Waals surface area contributed by atoms with Crippen LogP contribution in [0.4, 0.5) is 14.5 Å². The van der Waals surface area contributed by atoms with Gasteiger partial charge in [0.15, 0.2) is 0 Å². The number of hydrogen-bond donors (Lipinski definition) is 1. The van der Waals surface area contributed by atoms with E-state index in [2.05, 4.69) is 5.32 Å². The van der Waals surface area contributed by atoms with Crippen molar-refractivity contribution in [3.63, 3.8) is 0 Å². The quantitative estimate of drug-likeness (QED) is 0.611. The fraction of sp³-hybridized carbons (Fsp3) is 0.222. The molecule has 0 saturated carbocycles. The van der Waals surface area contributed by atoms with E-state index in [1.54, 1.807) is 19.1 Å². The summed E-state index contributed by atoms with van der Waals surface area (Å²) in [7, 11) is 1.47. The first-order chi connectivity index (χ1) is 6.45. The molecule has 0 spiro atoms. The molecule has 76 valence electrons. The predicted octanol–water partition coefficient (Wildman–Crippen LogP) is 2.49. The second-order valence-electron chi connectivity index (χ2n) is 2.91. The average molecular weight is 217 g/mol. The maximum atomic E-state index is 13.0. The van der Waals surface area contributed by atoms with E-state index in [0.29, 0.717) is 17.7 Å². The van der Waals surface area contributed by atoms with Crippen LogP contribution in [-0.2, 0) is 10.5 Å². The van der Waals surface area contributed by atoms with Crippen molar-refractivity contribution in [3.05, 3.63) is 29.3 Å². The number of halogens is 2. The summed E-state index contributed by atoms with van der Waals surface area (Å²) in [5.41, 5.74) is -2.22. The summed E-state index contributed by atoms with van der Waals surface area (Å²) >= 11 is 0. The van der Waals surface area contributed by atoms with Crippen molar-refractivity contribution in [2.75, 3.05) is 5.32 Å². The van der Waals surface area contributed by atoms with Crippen molar-refractivity contribution in [2.45, 2.75) is 12.6 Å². The average Bonchev–Trinajstić information content (AvgIpc) is 2.07. The van der Waals surface area contributed by atoms with Gasteiger partial charge in [-0.15, -0.1) is 0 Å². The summed E-state index contributed by atoms with van der Waals surface area (Å²) in [5, 5.41) is 2.32. The Balaban J connectivity index is 3.15. The minimum absolute atomic E-state index is 0.102. The van der Waals surface area contributed by atoms with E-state index in [-0.39, 0.29) is 5.56 Å². The van der Waals surface area contributed by atoms with Crippen LogP contribution in [0.25, 0.3) is 0 Å². The van der Waals surface area contributed by atoms with E-state index in [0.717, 1.165) is 0 Å². The Morgan fingerprint density at radius 1 is 1.50 bits per heavy atom. The number of amides is 1. The lowest BCUT2D eigenvalue weighted by molar-refractivity contribution is -0.105. The highest BCUT2D eigenvalue weighted by Crippen LogP contribution is 2.37. The van der Waals surface area contributed by atoms with Crippen molar-refractivity contribution in [1.29, 1.82) is 0 Å². The lowest BCUT2D eigenvalue weighted by atomic mass is 10.1. The molecule has 0 heterocycles. The molecule has 0 fully saturated rings. The van der Waals surface area contributed by atoms with Gasteiger partial charge in [-0.25, -0.2) is 0 Å². The first-order valence-corrected chi connectivity index (χ1v) is 4.51. The molecular formula is C9H10F2NOP. The fourth-order valence-electron chi connectivity index (χ4n) is 1.14. The molecule has 1 N–H and O–H groups in total. The molecule has 14 heavy (non-hydrogen) atoms. The van der Waals surface area contributed by atoms with Crippen molar-refractivity contribution in [2.24, 2.45) is 0 Å². The molecule has 1 aromatic rings. The van der Waals surface area contributed by atoms with Gasteiger partial charge in [0.1, 0.15) is 0 Å². The third kappa shape index (κ3) is 2.48. The number of rotatable bonds is 3. The Morgan fingerprint density at radius 2 is 2.14 bits per heavy atom. The van der Waals surface area contributed by atoms with Crippen LogP contribution < -0.4 is 5.32 Å². The molecule has 1 atom stereocenters. The molecule has 1 aromatic carbocycles. The topological polar surface area (TPSA) is 29.1 Å². The molecule has 0 bridgehead atoms. The maximum Gasteiger partial charge on any atom is 0.284 e. The molecule has 1 rings (SSSR count). The zero-order chi connectivity index (χ0) is 10.8. The zero-order valence-corrected chi connectivity index (χ0v) is 8.71. The summed E-state index contributed by atoms with van der Waals surface area (Å²) < 4.78 is 26.0. The number of hydrogen-bond acceptors (Lipinski definition) is 1. The van der Waals surface area contributed by atoms with Crippen molar-refractivity contribution >= 4 is 21.3 Å². The molecule has 1 amide bonds. The summed E-state index contributed by atoms with van der Waals surface area (Å²) in [6, 6.07) is 4.37. The highest BCUT2D eigenvalue weighted by atomic mass is 31.0. The third-order valence-electron chi connectivity index (χ3n) is 1.82. The van der Waals surface area contributed by atoms with Crippen molar-refractivity contribution in [3.8, 4) is 0 Å². The summed E-state index contributed by atoms with van der Waals surface area (Å²) in [4.78, 5) is 10.1. The lowest BCUT2D eigenvalue weighted by Crippen LogP contribution is -2.06. The molecule has 2 nitrogen and oxygen atoms in total. The van der Waals surface area contributed by atoms with Gasteiger partial charge < -0.3 is 5.32 Å². The lowest BCUT2D eigenvalue weighted by Gasteiger charge is -2.14. The SMILES string of the molecule is Cc1ccc(NC=O)cc1C(F)(F)P. The first kappa shape index (κ1) is 11.1. The predicted molar refractivity (Wildman–Crippen MR) is 54.5 cm³/mol. The summed E-state index contributed by atoms with van der Waals surface area (Å²) in [6.45, 7) is 1.60. The van der Waals surface area contributed by atoms with E-state index < -0.39 is 5.66 Å². The Kier molecular flexibility index (Phi) is 3.17. The van der Waals surface area contributed by atoms with Crippen molar-refractivity contribution in [1.82, 2.24) is 0 Å². The van der Waals surface area contributed by atoms with Gasteiger partial charge in [-0.1, -0.05) is 15.3 Å². The smallest absolute Gasteiger partial charge is 0.284 e. The number of nitrogens with one attached hydrogen (secondary N) is 1. The van der Waals surface area contributed by atoms with Crippen LogP contribution in [0.1, 0.15) is 11.1 Å². The van der Waals surface area contributed by atoms with Gasteiger partial charge in [0.25, 0.3) is 5.66 Å². The highest BCUT2D eigenvalue weighted by Gasteiger charge is 2.26. The third-order valence-corrected chi connectivity index (χ3v) is 2.13. The van der Waals surface area contributed by atoms with Crippen LogP contribution in [0.3, 0.4) is 0 Å². The van der Waals surface area contributed by atoms with Gasteiger partial charge in [0.05, 0.1) is 0 Å². The van der Waals surface area contributed by atoms with E-state index >= 15 is 0 Å². The molecule has 0 aliphatic carbocycles. The van der Waals surface area contributed by atoms with Crippen LogP contribution >= 0.6 is 9.24 Å². The van der Waals surface area contributed by atoms with Gasteiger partial charge in [0.2, 0.25) is 6.41 Å². The number of aryl methyl sites for hydroxylation is 1. The van der Waals surface area contributed by atoms with E-state index in [1.807, 2.05) is 0 Å². The van der Waals surface area contributed by atoms with Crippen LogP contribution in [-0.4, -0.2) is 6.41 Å². The van der Waals surface area contributed by atoms with Gasteiger partial charge in [-0.05, 0) is 24.6 Å². The molecule has 1 unspecified atom stereocenters. The number of carbonyl (C=O) groups excluding carboxylic acids is 1. The van der Waals surface area contributed by atoms with E-state index in [4.69, 9.17) is 0 Å². The monoisotopic (exact) mass is 217 g/mol. The summed E-state index contributed by atoms with van der Waals surface area (Å²) in [6.07, 6.45) is 0.454. The largest absolute Gasteiger partial charge is 0.329 e. The normalized spacial score (nSPS) is 11.1. The van der Waals surface area contributed by atoms with Crippen molar-refractivity contribution < 1.29 is 13.6 Å². The molecular weight excluding hydrogens is 207 g/mol. The fourth-order valence-corrected chi connectivity index (χ4v) is 1.45. The van der Waals surface area contributed by atoms with Gasteiger partial charge in [-0.3, -0.25) is 4.79 Å². The molecule has 0 radical (unpaired) electrons. The molecule has 0 aromatic heterocycles. The first-order valence-electron chi connectivity index (χ1n) is 3.93. The Morgan fingerprint density at radius 3 is 2.64 bits per heavy atom. The molecule has 0 aliphatic heterocycles. The number of anilines is 1.